The van der Waals surface area contributed by atoms with Gasteiger partial charge in [0.15, 0.2) is 0 Å². The fraction of sp³-hybridized carbons (Fsp3) is 0. The van der Waals surface area contributed by atoms with Crippen molar-refractivity contribution in [1.82, 2.24) is 0 Å². The predicted molar refractivity (Wildman–Crippen MR) is 18.9 cm³/mol. The van der Waals surface area contributed by atoms with Crippen molar-refractivity contribution in [2.45, 2.75) is 0 Å². The molecule has 0 amide bonds. The minimum absolute atomic E-state index is 0. The Labute approximate surface area is 76.3 Å². The van der Waals surface area contributed by atoms with Gasteiger partial charge in [-0.15, -0.1) is 0 Å². The van der Waals surface area contributed by atoms with Crippen LogP contribution in [0.1, 0.15) is 0 Å². The topological polar surface area (TPSA) is 0 Å². The smallest absolute Gasteiger partial charge is 0 e. The van der Waals surface area contributed by atoms with Crippen molar-refractivity contribution >= 4 is 40.8 Å². The van der Waals surface area contributed by atoms with Crippen LogP contribution in [0.4, 0.5) is 0 Å². The van der Waals surface area contributed by atoms with Crippen LogP contribution in [-0.4, -0.2) is 27.3 Å². The van der Waals surface area contributed by atoms with Gasteiger partial charge in [-0.05, 0) is 0 Å². The Morgan fingerprint density at radius 1 is 1.00 bits per heavy atom. The van der Waals surface area contributed by atoms with Gasteiger partial charge in [-0.25, -0.2) is 0 Å². The normalized spacial score (nSPS) is 0. The first-order valence-electron chi connectivity index (χ1n) is 0. The van der Waals surface area contributed by atoms with Gasteiger partial charge in [0.05, 0.1) is 0 Å². The van der Waals surface area contributed by atoms with Gasteiger partial charge < -0.3 is 0 Å². The van der Waals surface area contributed by atoms with Gasteiger partial charge in [0.25, 0.3) is 0 Å². The van der Waals surface area contributed by atoms with Crippen LogP contribution in [0, 0.1) is 0 Å². The molecule has 0 aliphatic rings. The van der Waals surface area contributed by atoms with Crippen LogP contribution in [0.15, 0.2) is 0 Å². The molecule has 0 N–H and O–H groups in total. The molecule has 0 unspecified atom stereocenters. The molecule has 0 aromatic carbocycles. The zero-order valence-corrected chi connectivity index (χ0v) is 12.8. The summed E-state index contributed by atoms with van der Waals surface area (Å²) >= 11 is 0. The third-order valence-corrected chi connectivity index (χ3v) is 0. The largest absolute Gasteiger partial charge is 0 e. The second kappa shape index (κ2) is 18.1. The zero-order valence-electron chi connectivity index (χ0n) is 2.27. The zero-order chi connectivity index (χ0) is 0. The maximum atomic E-state index is 0. The summed E-state index contributed by atoms with van der Waals surface area (Å²) in [5, 5.41) is 0. The van der Waals surface area contributed by atoms with Gasteiger partial charge in [-0.2, -0.15) is 13.5 Å². The Bertz CT molecular complexity index is 8.00. The van der Waals surface area contributed by atoms with E-state index in [4.69, 9.17) is 0 Å². The van der Waals surface area contributed by atoms with Crippen molar-refractivity contribution in [2.24, 2.45) is 0 Å². The van der Waals surface area contributed by atoms with Crippen LogP contribution in [-0.2, 0) is 36.5 Å². The standard InChI is InChI=1S/Fe.Pb.H2S.Zn.2H/h;;1H2;;;. The Hall–Kier alpha value is 2.41. The second-order valence-electron chi connectivity index (χ2n) is 0. The molecule has 4 heteroatoms. The van der Waals surface area contributed by atoms with E-state index in [2.05, 4.69) is 0 Å². The molecule has 2 radical (unpaired) electrons. The third-order valence-electron chi connectivity index (χ3n) is 0. The van der Waals surface area contributed by atoms with Crippen LogP contribution in [0.3, 0.4) is 0 Å². The Balaban J connectivity index is 0. The van der Waals surface area contributed by atoms with Gasteiger partial charge in [0.1, 0.15) is 0 Å². The molecule has 4 heavy (non-hydrogen) atoms. The van der Waals surface area contributed by atoms with Crippen molar-refractivity contribution in [3.8, 4) is 0 Å². The summed E-state index contributed by atoms with van der Waals surface area (Å²) < 4.78 is 0. The molecule has 0 rings (SSSR count). The van der Waals surface area contributed by atoms with E-state index >= 15 is 0 Å². The van der Waals surface area contributed by atoms with Gasteiger partial charge in [-0.3, -0.25) is 0 Å². The fourth-order valence-corrected chi connectivity index (χ4v) is 0. The van der Waals surface area contributed by atoms with Crippen molar-refractivity contribution in [1.29, 1.82) is 0 Å². The molecule has 0 spiro atoms. The molecule has 0 nitrogen and oxygen atoms in total. The van der Waals surface area contributed by atoms with Crippen molar-refractivity contribution in [2.75, 3.05) is 0 Å². The fourth-order valence-electron chi connectivity index (χ4n) is 0. The molecular formula is H4FePbSZn. The number of hydrogen-bond donors (Lipinski definition) is 0. The average Bonchev–Trinajstić information content (AvgIpc) is 0. The molecule has 0 atom stereocenters. The second-order valence-corrected chi connectivity index (χ2v) is 0. The summed E-state index contributed by atoms with van der Waals surface area (Å²) in [6.45, 7) is 0. The van der Waals surface area contributed by atoms with Crippen LogP contribution in [0.2, 0.25) is 0 Å². The summed E-state index contributed by atoms with van der Waals surface area (Å²) in [5.41, 5.74) is 0. The minimum Gasteiger partial charge on any atom is 0 e. The summed E-state index contributed by atoms with van der Waals surface area (Å²) in [7, 11) is 0. The summed E-state index contributed by atoms with van der Waals surface area (Å²) in [4.78, 5) is 0. The van der Waals surface area contributed by atoms with Gasteiger partial charge >= 0.3 is 27.3 Å². The molecule has 0 saturated carbocycles. The maximum absolute atomic E-state index is 0. The van der Waals surface area contributed by atoms with Crippen molar-refractivity contribution in [3.05, 3.63) is 0 Å². The third kappa shape index (κ3) is 8.83. The van der Waals surface area contributed by atoms with Crippen LogP contribution in [0.5, 0.6) is 0 Å². The SMILES string of the molecule is S.[Fe].[PbH2].[Zn]. The van der Waals surface area contributed by atoms with Crippen LogP contribution < -0.4 is 0 Å². The molecule has 0 saturated heterocycles. The maximum Gasteiger partial charge on any atom is 0 e. The van der Waals surface area contributed by atoms with Crippen LogP contribution >= 0.6 is 13.5 Å². The first-order valence-corrected chi connectivity index (χ1v) is 0. The van der Waals surface area contributed by atoms with Crippen molar-refractivity contribution < 1.29 is 36.5 Å². The quantitative estimate of drug-likeness (QED) is 0.494. The molecule has 0 fully saturated rings. The first-order chi connectivity index (χ1) is 0. The minimum atomic E-state index is 0. The van der Waals surface area contributed by atoms with E-state index in [0.29, 0.717) is 0 Å². The molecule has 24 valence electrons. The van der Waals surface area contributed by atoms with Crippen molar-refractivity contribution in [3.63, 3.8) is 0 Å². The monoisotopic (exact) mass is 364 g/mol. The number of hydrogen-bond acceptors (Lipinski definition) is 0. The van der Waals surface area contributed by atoms with E-state index in [0.717, 1.165) is 0 Å². The predicted octanol–water partition coefficient (Wildman–Crippen LogP) is -0.808. The molecule has 0 aliphatic heterocycles. The van der Waals surface area contributed by atoms with E-state index in [9.17, 15) is 0 Å². The molecule has 0 bridgehead atoms. The number of rotatable bonds is 0. The Morgan fingerprint density at radius 3 is 1.00 bits per heavy atom. The van der Waals surface area contributed by atoms with Gasteiger partial charge in [0, 0.05) is 36.5 Å². The molecule has 0 aromatic rings. The molecule has 0 aromatic heterocycles. The average molecular weight is 365 g/mol. The molecule has 0 aliphatic carbocycles. The Kier molecular flexibility index (Phi) is 146. The van der Waals surface area contributed by atoms with Gasteiger partial charge in [0.2, 0.25) is 0 Å². The Morgan fingerprint density at radius 2 is 1.00 bits per heavy atom. The van der Waals surface area contributed by atoms with Crippen LogP contribution in [0.25, 0.3) is 0 Å². The first kappa shape index (κ1) is 32.3. The van der Waals surface area contributed by atoms with Gasteiger partial charge in [-0.1, -0.05) is 0 Å². The van der Waals surface area contributed by atoms with E-state index in [1.165, 1.54) is 0 Å². The summed E-state index contributed by atoms with van der Waals surface area (Å²) in [6.07, 6.45) is 0. The summed E-state index contributed by atoms with van der Waals surface area (Å²) in [5.74, 6) is 0. The van der Waals surface area contributed by atoms with E-state index in [-0.39, 0.29) is 77.3 Å². The van der Waals surface area contributed by atoms with E-state index < -0.39 is 0 Å². The van der Waals surface area contributed by atoms with E-state index in [1.54, 1.807) is 0 Å². The molecule has 0 heterocycles. The van der Waals surface area contributed by atoms with E-state index in [1.807, 2.05) is 0 Å². The summed E-state index contributed by atoms with van der Waals surface area (Å²) in [6, 6.07) is 0. The molecular weight excluding hydrogens is 361 g/mol.